The topological polar surface area (TPSA) is 59.0 Å². The van der Waals surface area contributed by atoms with E-state index in [-0.39, 0.29) is 17.3 Å². The van der Waals surface area contributed by atoms with Crippen molar-refractivity contribution in [2.24, 2.45) is 5.92 Å². The number of phenols is 1. The summed E-state index contributed by atoms with van der Waals surface area (Å²) in [7, 11) is 0. The van der Waals surface area contributed by atoms with E-state index in [1.807, 2.05) is 38.1 Å². The Hall–Kier alpha value is -2.79. The van der Waals surface area contributed by atoms with E-state index >= 15 is 0 Å². The Balaban J connectivity index is 1.69. The number of rotatable bonds is 5. The minimum atomic E-state index is -0.151. The maximum Gasteiger partial charge on any atom is 0.232 e. The number of piperidine rings is 1. The maximum atomic E-state index is 13.2. The van der Waals surface area contributed by atoms with Gasteiger partial charge in [0.25, 0.3) is 0 Å². The first-order valence-electron chi connectivity index (χ1n) is 10.7. The first kappa shape index (κ1) is 20.5. The summed E-state index contributed by atoms with van der Waals surface area (Å²) in [5, 5.41) is 10.7. The Labute approximate surface area is 177 Å². The highest BCUT2D eigenvalue weighted by Crippen LogP contribution is 2.43. The molecule has 1 N–H and O–H groups in total. The van der Waals surface area contributed by atoms with E-state index in [0.717, 1.165) is 30.6 Å². The quantitative estimate of drug-likeness (QED) is 0.711. The number of fused-ring (bicyclic) bond motifs is 1. The number of carbonyl (C=O) groups is 1. The molecule has 2 aromatic carbocycles. The maximum absolute atomic E-state index is 13.2. The van der Waals surface area contributed by atoms with E-state index in [1.54, 1.807) is 12.1 Å². The minimum absolute atomic E-state index is 0.151. The average molecular weight is 408 g/mol. The molecule has 0 aromatic heterocycles. The Morgan fingerprint density at radius 1 is 1.33 bits per heavy atom. The van der Waals surface area contributed by atoms with E-state index < -0.39 is 0 Å². The summed E-state index contributed by atoms with van der Waals surface area (Å²) >= 11 is 0. The van der Waals surface area contributed by atoms with Gasteiger partial charge in [-0.3, -0.25) is 9.69 Å². The highest BCUT2D eigenvalue weighted by molar-refractivity contribution is 6.16. The van der Waals surface area contributed by atoms with Crippen LogP contribution >= 0.6 is 0 Å². The van der Waals surface area contributed by atoms with Gasteiger partial charge in [-0.05, 0) is 62.9 Å². The molecule has 2 aromatic rings. The molecule has 0 saturated carbocycles. The van der Waals surface area contributed by atoms with Crippen molar-refractivity contribution in [1.82, 2.24) is 4.90 Å². The Bertz CT molecular complexity index is 995. The van der Waals surface area contributed by atoms with Gasteiger partial charge in [0.05, 0.1) is 17.7 Å². The van der Waals surface area contributed by atoms with Crippen molar-refractivity contribution in [2.75, 3.05) is 19.7 Å². The zero-order valence-corrected chi connectivity index (χ0v) is 17.9. The molecule has 5 nitrogen and oxygen atoms in total. The van der Waals surface area contributed by atoms with Gasteiger partial charge in [-0.15, -0.1) is 0 Å². The smallest absolute Gasteiger partial charge is 0.232 e. The zero-order chi connectivity index (χ0) is 21.3. The predicted octanol–water partition coefficient (Wildman–Crippen LogP) is 4.95. The molecule has 0 spiro atoms. The van der Waals surface area contributed by atoms with Crippen molar-refractivity contribution in [3.05, 3.63) is 58.3 Å². The van der Waals surface area contributed by atoms with Gasteiger partial charge in [0.2, 0.25) is 5.78 Å². The summed E-state index contributed by atoms with van der Waals surface area (Å²) in [6.45, 7) is 9.11. The number of Topliss-reactive ketones (excluding diaryl/α,β-unsaturated/α-hetero) is 1. The van der Waals surface area contributed by atoms with Crippen molar-refractivity contribution in [3.63, 3.8) is 0 Å². The Morgan fingerprint density at radius 3 is 2.90 bits per heavy atom. The minimum Gasteiger partial charge on any atom is -0.507 e. The highest BCUT2D eigenvalue weighted by Gasteiger charge is 2.34. The lowest BCUT2D eigenvalue weighted by atomic mass is 9.97. The number of phenolic OH excluding ortho intramolecular Hbond substituents is 1. The molecule has 4 rings (SSSR count). The summed E-state index contributed by atoms with van der Waals surface area (Å²) in [5.41, 5.74) is 2.76. The first-order valence-corrected chi connectivity index (χ1v) is 10.7. The second kappa shape index (κ2) is 8.52. The van der Waals surface area contributed by atoms with Gasteiger partial charge in [-0.25, -0.2) is 0 Å². The van der Waals surface area contributed by atoms with E-state index in [9.17, 15) is 9.90 Å². The van der Waals surface area contributed by atoms with Gasteiger partial charge in [0, 0.05) is 18.7 Å². The monoisotopic (exact) mass is 407 g/mol. The van der Waals surface area contributed by atoms with Crippen molar-refractivity contribution in [2.45, 2.75) is 40.2 Å². The molecular weight excluding hydrogens is 378 g/mol. The number of nitrogens with zero attached hydrogens (tertiary/aromatic N) is 1. The molecule has 1 saturated heterocycles. The lowest BCUT2D eigenvalue weighted by Crippen LogP contribution is -2.33. The molecular formula is C25H29NO4. The third-order valence-electron chi connectivity index (χ3n) is 5.85. The average Bonchev–Trinajstić information content (AvgIpc) is 3.03. The Kier molecular flexibility index (Phi) is 5.82. The largest absolute Gasteiger partial charge is 0.507 e. The van der Waals surface area contributed by atoms with Crippen molar-refractivity contribution < 1.29 is 19.4 Å². The van der Waals surface area contributed by atoms with E-state index in [1.165, 1.54) is 6.42 Å². The molecule has 5 heteroatoms. The van der Waals surface area contributed by atoms with E-state index in [2.05, 4.69) is 11.8 Å². The number of likely N-dealkylation sites (tertiary alicyclic amines) is 1. The van der Waals surface area contributed by atoms with Crippen molar-refractivity contribution in [1.29, 1.82) is 0 Å². The van der Waals surface area contributed by atoms with Crippen LogP contribution in [0.2, 0.25) is 0 Å². The number of hydrogen-bond donors (Lipinski definition) is 1. The van der Waals surface area contributed by atoms with Crippen molar-refractivity contribution >= 4 is 11.9 Å². The number of ketones is 1. The predicted molar refractivity (Wildman–Crippen MR) is 117 cm³/mol. The molecule has 0 bridgehead atoms. The van der Waals surface area contributed by atoms with Crippen LogP contribution in [0, 0.1) is 12.8 Å². The molecule has 2 heterocycles. The number of benzene rings is 2. The molecule has 2 aliphatic heterocycles. The number of carbonyl (C=O) groups excluding carboxylic acids is 1. The molecule has 0 amide bonds. The summed E-state index contributed by atoms with van der Waals surface area (Å²) in [4.78, 5) is 15.5. The van der Waals surface area contributed by atoms with Gasteiger partial charge in [0.1, 0.15) is 17.2 Å². The highest BCUT2D eigenvalue weighted by atomic mass is 16.5. The van der Waals surface area contributed by atoms with Gasteiger partial charge < -0.3 is 14.6 Å². The third-order valence-corrected chi connectivity index (χ3v) is 5.85. The van der Waals surface area contributed by atoms with Crippen LogP contribution in [0.25, 0.3) is 6.08 Å². The molecule has 30 heavy (non-hydrogen) atoms. The summed E-state index contributed by atoms with van der Waals surface area (Å²) in [5.74, 6) is 2.14. The summed E-state index contributed by atoms with van der Waals surface area (Å²) in [6.07, 6.45) is 4.11. The summed E-state index contributed by atoms with van der Waals surface area (Å²) < 4.78 is 11.8. The lowest BCUT2D eigenvalue weighted by Gasteiger charge is -2.31. The molecule has 1 unspecified atom stereocenters. The molecule has 1 fully saturated rings. The molecule has 158 valence electrons. The SMILES string of the molecule is CCOc1ccccc1/C=C1/Oc2c(CN3CCCC(C)C3)c(O)cc(C)c2C1=O. The van der Waals surface area contributed by atoms with Crippen LogP contribution < -0.4 is 9.47 Å². The third kappa shape index (κ3) is 3.94. The number of ether oxygens (including phenoxy) is 2. The number of hydrogen-bond acceptors (Lipinski definition) is 5. The number of aromatic hydroxyl groups is 1. The van der Waals surface area contributed by atoms with E-state index in [4.69, 9.17) is 9.47 Å². The van der Waals surface area contributed by atoms with Gasteiger partial charge >= 0.3 is 0 Å². The van der Waals surface area contributed by atoms with Crippen LogP contribution in [0.3, 0.4) is 0 Å². The van der Waals surface area contributed by atoms with Crippen LogP contribution in [-0.2, 0) is 6.54 Å². The second-order valence-corrected chi connectivity index (χ2v) is 8.29. The number of para-hydroxylation sites is 1. The number of allylic oxidation sites excluding steroid dienone is 1. The normalized spacial score (nSPS) is 20.3. The fraction of sp³-hybridized carbons (Fsp3) is 0.400. The van der Waals surface area contributed by atoms with Crippen molar-refractivity contribution in [3.8, 4) is 17.2 Å². The molecule has 0 radical (unpaired) electrons. The molecule has 0 aliphatic carbocycles. The summed E-state index contributed by atoms with van der Waals surface area (Å²) in [6, 6.07) is 9.26. The fourth-order valence-electron chi connectivity index (χ4n) is 4.41. The van der Waals surface area contributed by atoms with Crippen LogP contribution in [0.1, 0.15) is 53.7 Å². The standard InChI is InChI=1S/C25H29NO4/c1-4-29-21-10-6-5-9-18(21)13-22-24(28)23-17(3)12-20(27)19(25(23)30-22)15-26-11-7-8-16(2)14-26/h5-6,9-10,12-13,16,27H,4,7-8,11,14-15H2,1-3H3/b22-13+. The molecule has 1 atom stereocenters. The lowest BCUT2D eigenvalue weighted by molar-refractivity contribution is 0.101. The van der Waals surface area contributed by atoms with Gasteiger partial charge in [-0.1, -0.05) is 25.1 Å². The van der Waals surface area contributed by atoms with Crippen LogP contribution in [-0.4, -0.2) is 35.5 Å². The Morgan fingerprint density at radius 2 is 2.13 bits per heavy atom. The molecule has 2 aliphatic rings. The van der Waals surface area contributed by atoms with Gasteiger partial charge in [0.15, 0.2) is 5.76 Å². The number of aryl methyl sites for hydroxylation is 1. The van der Waals surface area contributed by atoms with Gasteiger partial charge in [-0.2, -0.15) is 0 Å². The van der Waals surface area contributed by atoms with Crippen LogP contribution in [0.4, 0.5) is 0 Å². The second-order valence-electron chi connectivity index (χ2n) is 8.29. The van der Waals surface area contributed by atoms with E-state index in [0.29, 0.717) is 41.7 Å². The first-order chi connectivity index (χ1) is 14.5. The fourth-order valence-corrected chi connectivity index (χ4v) is 4.41. The van der Waals surface area contributed by atoms with Crippen LogP contribution in [0.15, 0.2) is 36.1 Å². The zero-order valence-electron chi connectivity index (χ0n) is 17.9. The van der Waals surface area contributed by atoms with Crippen LogP contribution in [0.5, 0.6) is 17.2 Å².